The number of ether oxygens (including phenoxy) is 3. The van der Waals surface area contributed by atoms with Gasteiger partial charge in [0.05, 0.1) is 4.90 Å². The Balaban J connectivity index is 1.83. The number of benzene rings is 1. The van der Waals surface area contributed by atoms with Crippen molar-refractivity contribution in [2.75, 3.05) is 6.79 Å². The van der Waals surface area contributed by atoms with E-state index >= 15 is 0 Å². The second-order valence-corrected chi connectivity index (χ2v) is 6.39. The maximum atomic E-state index is 12.2. The minimum Gasteiger partial charge on any atom is -0.461 e. The zero-order chi connectivity index (χ0) is 14.3. The van der Waals surface area contributed by atoms with Crippen molar-refractivity contribution >= 4 is 16.0 Å². The third-order valence-electron chi connectivity index (χ3n) is 3.12. The van der Waals surface area contributed by atoms with Gasteiger partial charge in [0.15, 0.2) is 11.5 Å². The largest absolute Gasteiger partial charge is 0.461 e. The summed E-state index contributed by atoms with van der Waals surface area (Å²) in [5.74, 6) is 0.315. The Morgan fingerprint density at radius 3 is 2.70 bits per heavy atom. The molecule has 1 fully saturated rings. The van der Waals surface area contributed by atoms with Crippen LogP contribution >= 0.6 is 0 Å². The Kier molecular flexibility index (Phi) is 3.06. The molecule has 2 unspecified atom stereocenters. The molecular formula is C12H13NO6S. The first kappa shape index (κ1) is 13.2. The summed E-state index contributed by atoms with van der Waals surface area (Å²) in [6, 6.07) is 3.45. The molecule has 1 aromatic rings. The molecule has 20 heavy (non-hydrogen) atoms. The lowest BCUT2D eigenvalue weighted by Gasteiger charge is -2.10. The van der Waals surface area contributed by atoms with Crippen molar-refractivity contribution in [3.05, 3.63) is 18.2 Å². The fourth-order valence-corrected chi connectivity index (χ4v) is 3.36. The lowest BCUT2D eigenvalue weighted by Crippen LogP contribution is -2.37. The fourth-order valence-electron chi connectivity index (χ4n) is 2.15. The van der Waals surface area contributed by atoms with E-state index < -0.39 is 22.0 Å². The van der Waals surface area contributed by atoms with E-state index in [-0.39, 0.29) is 17.8 Å². The van der Waals surface area contributed by atoms with E-state index in [9.17, 15) is 13.2 Å². The van der Waals surface area contributed by atoms with Gasteiger partial charge in [0.2, 0.25) is 16.8 Å². The van der Waals surface area contributed by atoms with E-state index in [0.29, 0.717) is 17.9 Å². The normalized spacial score (nSPS) is 24.8. The summed E-state index contributed by atoms with van der Waals surface area (Å²) >= 11 is 0. The van der Waals surface area contributed by atoms with E-state index in [0.717, 1.165) is 0 Å². The van der Waals surface area contributed by atoms with Gasteiger partial charge in [-0.1, -0.05) is 0 Å². The van der Waals surface area contributed by atoms with Crippen LogP contribution in [-0.4, -0.2) is 33.3 Å². The van der Waals surface area contributed by atoms with Crippen LogP contribution in [-0.2, 0) is 19.6 Å². The van der Waals surface area contributed by atoms with Crippen molar-refractivity contribution in [2.24, 2.45) is 0 Å². The maximum Gasteiger partial charge on any atom is 0.324 e. The second-order valence-electron chi connectivity index (χ2n) is 4.67. The molecule has 0 aliphatic carbocycles. The van der Waals surface area contributed by atoms with Crippen LogP contribution in [0.4, 0.5) is 0 Å². The van der Waals surface area contributed by atoms with Gasteiger partial charge in [-0.15, -0.1) is 0 Å². The predicted octanol–water partition coefficient (Wildman–Crippen LogP) is 0.398. The average Bonchev–Trinajstić information content (AvgIpc) is 2.95. The van der Waals surface area contributed by atoms with Crippen LogP contribution in [0.3, 0.4) is 0 Å². The Hall–Kier alpha value is -1.80. The van der Waals surface area contributed by atoms with Crippen molar-refractivity contribution in [1.82, 2.24) is 4.72 Å². The van der Waals surface area contributed by atoms with Gasteiger partial charge in [0.25, 0.3) is 0 Å². The summed E-state index contributed by atoms with van der Waals surface area (Å²) in [5, 5.41) is 0. The van der Waals surface area contributed by atoms with Gasteiger partial charge >= 0.3 is 5.97 Å². The zero-order valence-corrected chi connectivity index (χ0v) is 11.5. The molecule has 2 atom stereocenters. The fraction of sp³-hybridized carbons (Fsp3) is 0.417. The van der Waals surface area contributed by atoms with E-state index in [2.05, 4.69) is 4.72 Å². The molecule has 0 aromatic heterocycles. The average molecular weight is 299 g/mol. The van der Waals surface area contributed by atoms with Gasteiger partial charge in [-0.2, -0.15) is 4.72 Å². The van der Waals surface area contributed by atoms with E-state index in [4.69, 9.17) is 14.2 Å². The zero-order valence-electron chi connectivity index (χ0n) is 10.7. The van der Waals surface area contributed by atoms with Crippen LogP contribution in [0.1, 0.15) is 13.3 Å². The van der Waals surface area contributed by atoms with Gasteiger partial charge in [0.1, 0.15) is 12.1 Å². The standard InChI is InChI=1S/C12H13NO6S/c1-7-4-9(12(14)19-7)13-20(15,16)8-2-3-10-11(5-8)18-6-17-10/h2-3,5,7,9,13H,4,6H2,1H3. The molecule has 1 N–H and O–H groups in total. The number of hydrogen-bond acceptors (Lipinski definition) is 6. The quantitative estimate of drug-likeness (QED) is 0.812. The highest BCUT2D eigenvalue weighted by Crippen LogP contribution is 2.34. The van der Waals surface area contributed by atoms with Crippen LogP contribution in [0.5, 0.6) is 11.5 Å². The smallest absolute Gasteiger partial charge is 0.324 e. The van der Waals surface area contributed by atoms with Crippen molar-refractivity contribution in [3.8, 4) is 11.5 Å². The number of nitrogens with one attached hydrogen (secondary N) is 1. The number of carbonyl (C=O) groups is 1. The van der Waals surface area contributed by atoms with Crippen molar-refractivity contribution in [3.63, 3.8) is 0 Å². The molecule has 7 nitrogen and oxygen atoms in total. The molecule has 0 spiro atoms. The second kappa shape index (κ2) is 4.64. The first-order valence-electron chi connectivity index (χ1n) is 6.08. The molecule has 0 bridgehead atoms. The summed E-state index contributed by atoms with van der Waals surface area (Å²) in [7, 11) is -3.81. The number of rotatable bonds is 3. The van der Waals surface area contributed by atoms with Gasteiger partial charge < -0.3 is 14.2 Å². The number of fused-ring (bicyclic) bond motifs is 1. The number of carbonyl (C=O) groups excluding carboxylic acids is 1. The summed E-state index contributed by atoms with van der Waals surface area (Å²) in [6.45, 7) is 1.78. The molecule has 1 aromatic carbocycles. The van der Waals surface area contributed by atoms with Crippen LogP contribution < -0.4 is 14.2 Å². The highest BCUT2D eigenvalue weighted by molar-refractivity contribution is 7.89. The van der Waals surface area contributed by atoms with E-state index in [1.165, 1.54) is 18.2 Å². The molecule has 108 valence electrons. The Morgan fingerprint density at radius 2 is 2.00 bits per heavy atom. The minimum absolute atomic E-state index is 0.0223. The van der Waals surface area contributed by atoms with Crippen molar-refractivity contribution in [2.45, 2.75) is 30.4 Å². The van der Waals surface area contributed by atoms with E-state index in [1.807, 2.05) is 0 Å². The summed E-state index contributed by atoms with van der Waals surface area (Å²) in [5.41, 5.74) is 0. The number of esters is 1. The van der Waals surface area contributed by atoms with E-state index in [1.54, 1.807) is 6.92 Å². The lowest BCUT2D eigenvalue weighted by atomic mass is 10.2. The monoisotopic (exact) mass is 299 g/mol. The summed E-state index contributed by atoms with van der Waals surface area (Å²) in [4.78, 5) is 11.5. The van der Waals surface area contributed by atoms with Gasteiger partial charge in [-0.05, 0) is 19.1 Å². The summed E-state index contributed by atoms with van der Waals surface area (Å²) in [6.07, 6.45) is 0.0368. The first-order chi connectivity index (χ1) is 9.45. The van der Waals surface area contributed by atoms with Crippen molar-refractivity contribution in [1.29, 1.82) is 0 Å². The van der Waals surface area contributed by atoms with Gasteiger partial charge in [-0.25, -0.2) is 8.42 Å². The molecule has 3 rings (SSSR count). The van der Waals surface area contributed by atoms with Crippen LogP contribution in [0.15, 0.2) is 23.1 Å². The molecule has 0 amide bonds. The first-order valence-corrected chi connectivity index (χ1v) is 7.56. The SMILES string of the molecule is CC1CC(NS(=O)(=O)c2ccc3c(c2)OCO3)C(=O)O1. The number of sulfonamides is 1. The third-order valence-corrected chi connectivity index (χ3v) is 4.59. The molecule has 8 heteroatoms. The molecular weight excluding hydrogens is 286 g/mol. The number of hydrogen-bond donors (Lipinski definition) is 1. The Morgan fingerprint density at radius 1 is 1.25 bits per heavy atom. The predicted molar refractivity (Wildman–Crippen MR) is 66.8 cm³/mol. The molecule has 2 aliphatic heterocycles. The summed E-state index contributed by atoms with van der Waals surface area (Å²) < 4.78 is 42.0. The highest BCUT2D eigenvalue weighted by Gasteiger charge is 2.35. The Labute approximate surface area is 115 Å². The molecule has 0 saturated carbocycles. The highest BCUT2D eigenvalue weighted by atomic mass is 32.2. The minimum atomic E-state index is -3.81. The van der Waals surface area contributed by atoms with Crippen LogP contribution in [0, 0.1) is 0 Å². The van der Waals surface area contributed by atoms with Crippen molar-refractivity contribution < 1.29 is 27.4 Å². The maximum absolute atomic E-state index is 12.2. The lowest BCUT2D eigenvalue weighted by molar-refractivity contribution is -0.142. The number of cyclic esters (lactones) is 1. The van der Waals surface area contributed by atoms with Crippen LogP contribution in [0.2, 0.25) is 0 Å². The van der Waals surface area contributed by atoms with Gasteiger partial charge in [-0.3, -0.25) is 4.79 Å². The molecule has 2 heterocycles. The van der Waals surface area contributed by atoms with Gasteiger partial charge in [0, 0.05) is 12.5 Å². The van der Waals surface area contributed by atoms with Crippen LogP contribution in [0.25, 0.3) is 0 Å². The topological polar surface area (TPSA) is 90.9 Å². The Bertz CT molecular complexity index is 656. The molecule has 2 aliphatic rings. The molecule has 1 saturated heterocycles. The molecule has 0 radical (unpaired) electrons. The third kappa shape index (κ3) is 2.32.